The molecule has 128 valence electrons. The molecule has 4 aliphatic heterocycles. The van der Waals surface area contributed by atoms with Gasteiger partial charge in [-0.1, -0.05) is 23.9 Å². The van der Waals surface area contributed by atoms with Crippen molar-refractivity contribution in [3.8, 4) is 0 Å². The van der Waals surface area contributed by atoms with E-state index in [1.807, 2.05) is 30.5 Å². The third-order valence-corrected chi connectivity index (χ3v) is 6.42. The number of allylic oxidation sites excluding steroid dienone is 3. The molecule has 6 N–H and O–H groups in total. The summed E-state index contributed by atoms with van der Waals surface area (Å²) >= 11 is 0.673. The van der Waals surface area contributed by atoms with Gasteiger partial charge in [-0.25, -0.2) is 0 Å². The first-order chi connectivity index (χ1) is 11.6. The van der Waals surface area contributed by atoms with Crippen molar-refractivity contribution in [3.63, 3.8) is 0 Å². The van der Waals surface area contributed by atoms with Gasteiger partial charge in [-0.05, 0) is 22.0 Å². The maximum atomic E-state index is 11.3. The number of hydrogen-bond donors (Lipinski definition) is 5. The summed E-state index contributed by atoms with van der Waals surface area (Å²) in [4.78, 5) is 1.07. The number of nitrogens with two attached hydrogens (primary N) is 1. The highest BCUT2D eigenvalue weighted by atomic mass is 32.2. The predicted octanol–water partition coefficient (Wildman–Crippen LogP) is -0.513. The number of hydrogen-bond acceptors (Lipinski definition) is 8. The van der Waals surface area contributed by atoms with Gasteiger partial charge in [-0.15, -0.1) is 0 Å². The first kappa shape index (κ1) is 16.0. The predicted molar refractivity (Wildman–Crippen MR) is 96.0 cm³/mol. The van der Waals surface area contributed by atoms with E-state index in [9.17, 15) is 9.66 Å². The molecule has 4 aliphatic rings. The van der Waals surface area contributed by atoms with E-state index in [4.69, 9.17) is 5.73 Å². The van der Waals surface area contributed by atoms with Crippen molar-refractivity contribution in [1.82, 2.24) is 20.3 Å². The first-order valence-corrected chi connectivity index (χ1v) is 9.78. The van der Waals surface area contributed by atoms with Crippen molar-refractivity contribution in [2.75, 3.05) is 12.4 Å². The standard InChI is InChI=1S/C15H19N5O2S2/c16-10-4-9(5-17-6-10)14-18-7-13(23-14)11-2-1-3-12(19-11)15(21)20-8-24(20)22/h1-4,6-7,12,14-15,17-19,21H,5,8,16H2. The zero-order chi connectivity index (χ0) is 16.7. The maximum Gasteiger partial charge on any atom is 0.222 e. The molecule has 9 heteroatoms. The largest absolute Gasteiger partial charge is 0.596 e. The molecule has 0 aromatic heterocycles. The second-order valence-corrected chi connectivity index (χ2v) is 8.35. The molecule has 1 saturated heterocycles. The second-order valence-electron chi connectivity index (χ2n) is 5.83. The summed E-state index contributed by atoms with van der Waals surface area (Å²) in [7, 11) is 0. The van der Waals surface area contributed by atoms with Crippen LogP contribution in [0.2, 0.25) is 0 Å². The van der Waals surface area contributed by atoms with Gasteiger partial charge in [0.15, 0.2) is 6.23 Å². The van der Waals surface area contributed by atoms with Crippen molar-refractivity contribution in [2.45, 2.75) is 17.6 Å². The fourth-order valence-electron chi connectivity index (χ4n) is 2.77. The summed E-state index contributed by atoms with van der Waals surface area (Å²) in [6.07, 6.45) is 10.8. The van der Waals surface area contributed by atoms with Crippen LogP contribution in [0.15, 0.2) is 58.6 Å². The van der Waals surface area contributed by atoms with E-state index in [1.54, 1.807) is 22.3 Å². The van der Waals surface area contributed by atoms with Gasteiger partial charge in [0, 0.05) is 35.2 Å². The quantitative estimate of drug-likeness (QED) is 0.335. The molecule has 5 unspecified atom stereocenters. The molecule has 0 bridgehead atoms. The maximum absolute atomic E-state index is 11.3. The van der Waals surface area contributed by atoms with E-state index < -0.39 is 17.6 Å². The number of nitrogens with one attached hydrogen (secondary N) is 3. The molecule has 4 rings (SSSR count). The molecule has 0 aromatic rings. The van der Waals surface area contributed by atoms with Crippen LogP contribution in [0.1, 0.15) is 0 Å². The molecular formula is C15H19N5O2S2. The Bertz CT molecular complexity index is 687. The third kappa shape index (κ3) is 3.17. The van der Waals surface area contributed by atoms with Gasteiger partial charge >= 0.3 is 0 Å². The van der Waals surface area contributed by atoms with Crippen molar-refractivity contribution < 1.29 is 9.66 Å². The lowest BCUT2D eigenvalue weighted by molar-refractivity contribution is 0.0759. The van der Waals surface area contributed by atoms with Gasteiger partial charge in [-0.2, -0.15) is 0 Å². The van der Waals surface area contributed by atoms with Gasteiger partial charge in [-0.3, -0.25) is 0 Å². The molecule has 4 heterocycles. The van der Waals surface area contributed by atoms with E-state index in [0.29, 0.717) is 5.88 Å². The molecule has 24 heavy (non-hydrogen) atoms. The summed E-state index contributed by atoms with van der Waals surface area (Å²) in [5.41, 5.74) is 8.70. The van der Waals surface area contributed by atoms with Gasteiger partial charge < -0.3 is 31.3 Å². The van der Waals surface area contributed by atoms with Gasteiger partial charge in [0.25, 0.3) is 0 Å². The highest BCUT2D eigenvalue weighted by Gasteiger charge is 2.48. The van der Waals surface area contributed by atoms with Crippen LogP contribution in [0.5, 0.6) is 0 Å². The van der Waals surface area contributed by atoms with Crippen LogP contribution in [-0.2, 0) is 11.4 Å². The Labute approximate surface area is 147 Å². The smallest absolute Gasteiger partial charge is 0.222 e. The minimum absolute atomic E-state index is 0.136. The zero-order valence-electron chi connectivity index (χ0n) is 12.8. The van der Waals surface area contributed by atoms with Gasteiger partial charge in [0.1, 0.15) is 5.37 Å². The van der Waals surface area contributed by atoms with E-state index in [1.165, 1.54) is 5.57 Å². The lowest BCUT2D eigenvalue weighted by Crippen LogP contribution is -2.43. The van der Waals surface area contributed by atoms with Crippen molar-refractivity contribution >= 4 is 23.1 Å². The third-order valence-electron chi connectivity index (χ3n) is 4.09. The topological polar surface area (TPSA) is 108 Å². The van der Waals surface area contributed by atoms with Gasteiger partial charge in [0.05, 0.1) is 17.4 Å². The molecule has 7 nitrogen and oxygen atoms in total. The number of nitrogens with zero attached hydrogens (tertiary/aromatic N) is 1. The van der Waals surface area contributed by atoms with E-state index in [-0.39, 0.29) is 11.4 Å². The first-order valence-electron chi connectivity index (χ1n) is 7.63. The fourth-order valence-corrected chi connectivity index (χ4v) is 4.68. The minimum Gasteiger partial charge on any atom is -0.596 e. The van der Waals surface area contributed by atoms with Gasteiger partial charge in [0.2, 0.25) is 5.88 Å². The normalized spacial score (nSPS) is 35.6. The summed E-state index contributed by atoms with van der Waals surface area (Å²) in [6, 6.07) is -0.272. The van der Waals surface area contributed by atoms with Crippen LogP contribution in [0.25, 0.3) is 0 Å². The Balaban J connectivity index is 1.39. The van der Waals surface area contributed by atoms with Crippen LogP contribution in [0.4, 0.5) is 0 Å². The lowest BCUT2D eigenvalue weighted by Gasteiger charge is -2.25. The average molecular weight is 365 g/mol. The summed E-state index contributed by atoms with van der Waals surface area (Å²) in [6.45, 7) is 0.765. The number of thioether (sulfide) groups is 1. The van der Waals surface area contributed by atoms with Crippen LogP contribution >= 0.6 is 11.8 Å². The molecule has 0 aliphatic carbocycles. The Morgan fingerprint density at radius 1 is 1.46 bits per heavy atom. The Morgan fingerprint density at radius 2 is 2.29 bits per heavy atom. The zero-order valence-corrected chi connectivity index (χ0v) is 14.4. The molecule has 0 saturated carbocycles. The number of rotatable bonds is 4. The number of aliphatic hydroxyl groups is 1. The van der Waals surface area contributed by atoms with Crippen LogP contribution in [-0.4, -0.2) is 44.0 Å². The average Bonchev–Trinajstić information content (AvgIpc) is 3.12. The van der Waals surface area contributed by atoms with Crippen LogP contribution < -0.4 is 21.7 Å². The molecule has 0 radical (unpaired) electrons. The van der Waals surface area contributed by atoms with Crippen molar-refractivity contribution in [3.05, 3.63) is 58.6 Å². The molecule has 5 atom stereocenters. The highest BCUT2D eigenvalue weighted by molar-refractivity contribution is 8.04. The second kappa shape index (κ2) is 6.41. The summed E-state index contributed by atoms with van der Waals surface area (Å²) < 4.78 is 12.9. The van der Waals surface area contributed by atoms with E-state index >= 15 is 0 Å². The highest BCUT2D eigenvalue weighted by Crippen LogP contribution is 2.36. The number of dihydropyridines is 2. The molecular weight excluding hydrogens is 346 g/mol. The summed E-state index contributed by atoms with van der Waals surface area (Å²) in [5.74, 6) is 0.434. The summed E-state index contributed by atoms with van der Waals surface area (Å²) in [5, 5.41) is 20.2. The molecule has 1 fully saturated rings. The molecule has 0 aromatic carbocycles. The van der Waals surface area contributed by atoms with E-state index in [2.05, 4.69) is 16.0 Å². The Morgan fingerprint density at radius 3 is 3.04 bits per heavy atom. The van der Waals surface area contributed by atoms with Crippen LogP contribution in [0, 0.1) is 0 Å². The van der Waals surface area contributed by atoms with Crippen molar-refractivity contribution in [2.24, 2.45) is 5.73 Å². The monoisotopic (exact) mass is 365 g/mol. The Hall–Kier alpha value is -1.52. The van der Waals surface area contributed by atoms with Crippen LogP contribution in [0.3, 0.4) is 0 Å². The lowest BCUT2D eigenvalue weighted by atomic mass is 10.1. The number of aliphatic hydroxyl groups excluding tert-OH is 1. The van der Waals surface area contributed by atoms with Crippen molar-refractivity contribution in [1.29, 1.82) is 0 Å². The molecule has 0 spiro atoms. The SMILES string of the molecule is NC1=CNCC(C2NC=C(C3=CC=CC(C(O)N4C[S+]4[O-])N3)S2)=C1. The van der Waals surface area contributed by atoms with E-state index in [0.717, 1.165) is 22.8 Å². The fraction of sp³-hybridized carbons (Fsp3) is 0.333. The minimum atomic E-state index is -1.03. The molecule has 0 amide bonds. The Kier molecular flexibility index (Phi) is 4.27.